The summed E-state index contributed by atoms with van der Waals surface area (Å²) in [6, 6.07) is 12.2. The molecule has 6 amide bonds. The van der Waals surface area contributed by atoms with Crippen LogP contribution in [0.25, 0.3) is 10.9 Å². The number of anilines is 3. The zero-order chi connectivity index (χ0) is 44.9. The van der Waals surface area contributed by atoms with E-state index < -0.39 is 35.5 Å². The molecule has 64 heavy (non-hydrogen) atoms. The molecule has 0 saturated carbocycles. The molecule has 3 aromatic carbocycles. The van der Waals surface area contributed by atoms with Gasteiger partial charge in [-0.25, -0.2) is 14.4 Å². The van der Waals surface area contributed by atoms with Crippen LogP contribution in [0.15, 0.2) is 71.9 Å². The molecule has 1 unspecified atom stereocenters. The van der Waals surface area contributed by atoms with E-state index in [1.54, 1.807) is 36.4 Å². The van der Waals surface area contributed by atoms with E-state index in [2.05, 4.69) is 35.7 Å². The van der Waals surface area contributed by atoms with E-state index in [1.165, 1.54) is 43.4 Å². The van der Waals surface area contributed by atoms with Crippen molar-refractivity contribution in [3.05, 3.63) is 89.0 Å². The molecule has 5 heterocycles. The number of piperazine rings is 1. The summed E-state index contributed by atoms with van der Waals surface area (Å²) in [6.45, 7) is 5.35. The van der Waals surface area contributed by atoms with Crippen LogP contribution >= 0.6 is 23.4 Å². The van der Waals surface area contributed by atoms with Gasteiger partial charge in [0.15, 0.2) is 0 Å². The summed E-state index contributed by atoms with van der Waals surface area (Å²) in [4.78, 5) is 93.9. The second-order valence-electron chi connectivity index (χ2n) is 16.0. The summed E-state index contributed by atoms with van der Waals surface area (Å²) in [5.41, 5.74) is 2.07. The first kappa shape index (κ1) is 44.6. The molecule has 4 aliphatic heterocycles. The lowest BCUT2D eigenvalue weighted by Crippen LogP contribution is -2.54. The summed E-state index contributed by atoms with van der Waals surface area (Å²) in [6.07, 6.45) is 7.88. The van der Waals surface area contributed by atoms with Crippen molar-refractivity contribution in [1.82, 2.24) is 34.9 Å². The van der Waals surface area contributed by atoms with E-state index in [1.807, 2.05) is 11.0 Å². The molecule has 0 spiro atoms. The summed E-state index contributed by atoms with van der Waals surface area (Å²) < 4.78 is 19.3. The molecule has 0 aliphatic carbocycles. The van der Waals surface area contributed by atoms with E-state index >= 15 is 0 Å². The number of benzene rings is 3. The van der Waals surface area contributed by atoms with Crippen LogP contribution in [0.1, 0.15) is 59.2 Å². The quantitative estimate of drug-likeness (QED) is 0.0646. The van der Waals surface area contributed by atoms with Crippen molar-refractivity contribution in [2.24, 2.45) is 0 Å². The van der Waals surface area contributed by atoms with Gasteiger partial charge in [-0.2, -0.15) is 0 Å². The Morgan fingerprint density at radius 2 is 1.78 bits per heavy atom. The third-order valence-corrected chi connectivity index (χ3v) is 13.4. The number of aromatic nitrogens is 2. The van der Waals surface area contributed by atoms with Gasteiger partial charge in [-0.3, -0.25) is 48.8 Å². The Morgan fingerprint density at radius 3 is 2.53 bits per heavy atom. The Bertz CT molecular complexity index is 2530. The van der Waals surface area contributed by atoms with Crippen LogP contribution in [0.3, 0.4) is 0 Å². The molecule has 4 aromatic rings. The summed E-state index contributed by atoms with van der Waals surface area (Å²) in [5, 5.41) is 8.85. The fourth-order valence-corrected chi connectivity index (χ4v) is 9.82. The highest BCUT2D eigenvalue weighted by molar-refractivity contribution is 7.99. The molecule has 19 heteroatoms. The number of rotatable bonds is 14. The predicted molar refractivity (Wildman–Crippen MR) is 239 cm³/mol. The minimum Gasteiger partial charge on any atom is -0.494 e. The van der Waals surface area contributed by atoms with Gasteiger partial charge in [-0.05, 0) is 80.9 Å². The number of piperidine rings is 2. The lowest BCUT2D eigenvalue weighted by molar-refractivity contribution is -0.136. The maximum absolute atomic E-state index is 13.7. The fourth-order valence-electron chi connectivity index (χ4n) is 8.62. The van der Waals surface area contributed by atoms with Gasteiger partial charge in [0.1, 0.15) is 29.8 Å². The van der Waals surface area contributed by atoms with Crippen LogP contribution in [-0.2, 0) is 19.2 Å². The Hall–Kier alpha value is -5.95. The van der Waals surface area contributed by atoms with Crippen LogP contribution in [0, 0.1) is 5.82 Å². The molecular formula is C45H47ClFN9O7S. The number of thioether (sulfide) groups is 1. The molecule has 1 aromatic heterocycles. The Kier molecular flexibility index (Phi) is 13.8. The third-order valence-electron chi connectivity index (χ3n) is 12.0. The average Bonchev–Trinajstić information content (AvgIpc) is 3.55. The van der Waals surface area contributed by atoms with Crippen LogP contribution in [0.5, 0.6) is 5.75 Å². The second-order valence-corrected chi connectivity index (χ2v) is 17.5. The van der Waals surface area contributed by atoms with Gasteiger partial charge in [0.2, 0.25) is 23.6 Å². The number of nitrogens with zero attached hydrogens (tertiary/aromatic N) is 6. The summed E-state index contributed by atoms with van der Waals surface area (Å²) in [5.74, 6) is -1.43. The zero-order valence-electron chi connectivity index (χ0n) is 35.1. The van der Waals surface area contributed by atoms with Crippen molar-refractivity contribution in [3.8, 4) is 5.75 Å². The normalized spacial score (nSPS) is 18.8. The highest BCUT2D eigenvalue weighted by Gasteiger charge is 2.45. The minimum atomic E-state index is -1.02. The van der Waals surface area contributed by atoms with Crippen molar-refractivity contribution in [2.75, 3.05) is 69.3 Å². The van der Waals surface area contributed by atoms with Gasteiger partial charge in [0.05, 0.1) is 34.5 Å². The van der Waals surface area contributed by atoms with Crippen LogP contribution < -0.4 is 20.7 Å². The van der Waals surface area contributed by atoms with Crippen molar-refractivity contribution in [3.63, 3.8) is 0 Å². The molecule has 334 valence electrons. The molecule has 3 N–H and O–H groups in total. The lowest BCUT2D eigenvalue weighted by Gasteiger charge is -2.42. The van der Waals surface area contributed by atoms with E-state index in [4.69, 9.17) is 16.3 Å². The minimum absolute atomic E-state index is 0.0273. The van der Waals surface area contributed by atoms with E-state index in [-0.39, 0.29) is 40.8 Å². The first-order valence-corrected chi connectivity index (χ1v) is 22.6. The van der Waals surface area contributed by atoms with Crippen LogP contribution in [0.4, 0.5) is 21.6 Å². The van der Waals surface area contributed by atoms with Gasteiger partial charge >= 0.3 is 0 Å². The second kappa shape index (κ2) is 19.8. The van der Waals surface area contributed by atoms with Crippen molar-refractivity contribution >= 4 is 86.9 Å². The highest BCUT2D eigenvalue weighted by atomic mass is 35.5. The maximum Gasteiger partial charge on any atom is 0.263 e. The standard InChI is InChI=1S/C45H47ClFN9O7S/c1-63-36-25-33-30(42(49-26-48-33)50-27-9-10-32(47)31(46)23-27)24-34(36)51-38(57)7-3-15-53-16-13-28(14-17-53)54-18-20-55(21-19-54)40(59)8-4-22-64-37-6-2-5-29-41(37)45(62)56(44(29)61)35-11-12-39(58)52-43(35)60/h2-3,5-7,9-10,23-26,28,35H,4,8,11-22H2,1H3,(H,51,57)(H,48,49,50)(H,52,58,60)/b7-3+. The largest absolute Gasteiger partial charge is 0.494 e. The SMILES string of the molecule is COc1cc2ncnc(Nc3ccc(F)c(Cl)c3)c2cc1NC(=O)/C=C/CN1CCC(N2CCN(C(=O)CCCSc3cccc4c3C(=O)N(C3CCC(=O)NC3=O)C4=O)CC2)CC1. The lowest BCUT2D eigenvalue weighted by atomic mass is 10.0. The Balaban J connectivity index is 0.748. The first-order valence-electron chi connectivity index (χ1n) is 21.2. The molecule has 0 bridgehead atoms. The van der Waals surface area contributed by atoms with Crippen molar-refractivity contribution in [2.45, 2.75) is 55.5 Å². The number of hydrogen-bond acceptors (Lipinski definition) is 13. The van der Waals surface area contributed by atoms with Gasteiger partial charge in [0, 0.05) is 79.7 Å². The van der Waals surface area contributed by atoms with Gasteiger partial charge in [0.25, 0.3) is 11.8 Å². The molecule has 0 radical (unpaired) electrons. The summed E-state index contributed by atoms with van der Waals surface area (Å²) in [7, 11) is 1.51. The first-order chi connectivity index (χ1) is 31.0. The molecule has 3 saturated heterocycles. The molecule has 3 fully saturated rings. The van der Waals surface area contributed by atoms with E-state index in [9.17, 15) is 33.2 Å². The number of likely N-dealkylation sites (tertiary alicyclic amines) is 1. The van der Waals surface area contributed by atoms with E-state index in [0.29, 0.717) is 83.0 Å². The maximum atomic E-state index is 13.7. The Morgan fingerprint density at radius 1 is 0.984 bits per heavy atom. The summed E-state index contributed by atoms with van der Waals surface area (Å²) >= 11 is 7.38. The number of nitrogens with one attached hydrogen (secondary N) is 3. The van der Waals surface area contributed by atoms with Gasteiger partial charge < -0.3 is 20.3 Å². The molecular weight excluding hydrogens is 865 g/mol. The number of methoxy groups -OCH3 is 1. The zero-order valence-corrected chi connectivity index (χ0v) is 36.7. The van der Waals surface area contributed by atoms with Gasteiger partial charge in [-0.15, -0.1) is 11.8 Å². The molecule has 8 rings (SSSR count). The molecule has 1 atom stereocenters. The average molecular weight is 912 g/mol. The predicted octanol–water partition coefficient (Wildman–Crippen LogP) is 5.25. The molecule has 4 aliphatic rings. The molecule has 16 nitrogen and oxygen atoms in total. The Labute approximate surface area is 377 Å². The number of imide groups is 2. The number of carbonyl (C=O) groups is 6. The number of halogens is 2. The van der Waals surface area contributed by atoms with Crippen LogP contribution in [-0.4, -0.2) is 136 Å². The van der Waals surface area contributed by atoms with E-state index in [0.717, 1.165) is 43.9 Å². The number of carbonyl (C=O) groups excluding carboxylic acids is 6. The number of hydrogen-bond donors (Lipinski definition) is 3. The number of ether oxygens (including phenoxy) is 1. The van der Waals surface area contributed by atoms with Crippen molar-refractivity contribution in [1.29, 1.82) is 0 Å². The third kappa shape index (κ3) is 9.89. The fraction of sp³-hybridized carbons (Fsp3) is 0.378. The number of amides is 6. The highest BCUT2D eigenvalue weighted by Crippen LogP contribution is 2.36. The van der Waals surface area contributed by atoms with Gasteiger partial charge in [-0.1, -0.05) is 23.7 Å². The smallest absolute Gasteiger partial charge is 0.263 e. The number of fused-ring (bicyclic) bond motifs is 2. The van der Waals surface area contributed by atoms with Crippen LogP contribution in [0.2, 0.25) is 5.02 Å². The van der Waals surface area contributed by atoms with Crippen molar-refractivity contribution < 1.29 is 37.9 Å². The topological polar surface area (TPSA) is 186 Å². The monoisotopic (exact) mass is 911 g/mol.